The molecule has 26 heavy (non-hydrogen) atoms. The topological polar surface area (TPSA) is 74.0 Å². The van der Waals surface area contributed by atoms with Crippen LogP contribution in [0.15, 0.2) is 51.8 Å². The van der Waals surface area contributed by atoms with E-state index in [2.05, 4.69) is 47.4 Å². The molecule has 0 radical (unpaired) electrons. The first-order chi connectivity index (χ1) is 12.5. The molecule has 7 nitrogen and oxygen atoms in total. The SMILES string of the molecule is Cc1c(Br)cnn1CCC(=O)Nc1cnn(COc2ccc(Br)cc2)c1. The Morgan fingerprint density at radius 1 is 1.19 bits per heavy atom. The zero-order valence-electron chi connectivity index (χ0n) is 14.0. The van der Waals surface area contributed by atoms with Gasteiger partial charge in [0.05, 0.1) is 35.3 Å². The van der Waals surface area contributed by atoms with Gasteiger partial charge < -0.3 is 10.1 Å². The predicted molar refractivity (Wildman–Crippen MR) is 105 cm³/mol. The number of carbonyl (C=O) groups is 1. The van der Waals surface area contributed by atoms with Crippen molar-refractivity contribution >= 4 is 43.5 Å². The zero-order valence-corrected chi connectivity index (χ0v) is 17.2. The first kappa shape index (κ1) is 18.7. The molecule has 2 heterocycles. The van der Waals surface area contributed by atoms with Crippen LogP contribution >= 0.6 is 31.9 Å². The fraction of sp³-hybridized carbons (Fsp3) is 0.235. The molecule has 136 valence electrons. The quantitative estimate of drug-likeness (QED) is 0.552. The molecule has 0 saturated heterocycles. The summed E-state index contributed by atoms with van der Waals surface area (Å²) in [6, 6.07) is 7.55. The van der Waals surface area contributed by atoms with Crippen molar-refractivity contribution in [2.75, 3.05) is 5.32 Å². The van der Waals surface area contributed by atoms with E-state index < -0.39 is 0 Å². The molecule has 0 spiro atoms. The Bertz CT molecular complexity index is 889. The highest BCUT2D eigenvalue weighted by atomic mass is 79.9. The maximum atomic E-state index is 12.1. The second-order valence-electron chi connectivity index (χ2n) is 5.60. The average Bonchev–Trinajstić information content (AvgIpc) is 3.20. The minimum Gasteiger partial charge on any atom is -0.471 e. The Morgan fingerprint density at radius 2 is 1.96 bits per heavy atom. The van der Waals surface area contributed by atoms with Gasteiger partial charge in [-0.25, -0.2) is 4.68 Å². The van der Waals surface area contributed by atoms with Crippen LogP contribution < -0.4 is 10.1 Å². The molecule has 1 amide bonds. The molecule has 0 saturated carbocycles. The lowest BCUT2D eigenvalue weighted by Gasteiger charge is -2.06. The minimum atomic E-state index is -0.0931. The summed E-state index contributed by atoms with van der Waals surface area (Å²) in [7, 11) is 0. The van der Waals surface area contributed by atoms with Gasteiger partial charge >= 0.3 is 0 Å². The molecular weight excluding hydrogens is 466 g/mol. The number of rotatable bonds is 7. The largest absolute Gasteiger partial charge is 0.471 e. The van der Waals surface area contributed by atoms with Gasteiger partial charge in [-0.3, -0.25) is 9.48 Å². The third-order valence-corrected chi connectivity index (χ3v) is 5.00. The second-order valence-corrected chi connectivity index (χ2v) is 7.37. The highest BCUT2D eigenvalue weighted by molar-refractivity contribution is 9.10. The minimum absolute atomic E-state index is 0.0931. The Kier molecular flexibility index (Phi) is 6.10. The van der Waals surface area contributed by atoms with Crippen LogP contribution in [0.5, 0.6) is 5.75 Å². The molecule has 0 aliphatic carbocycles. The normalized spacial score (nSPS) is 10.7. The smallest absolute Gasteiger partial charge is 0.226 e. The molecule has 1 aromatic carbocycles. The molecular formula is C17H17Br2N5O2. The van der Waals surface area contributed by atoms with Gasteiger partial charge in [-0.15, -0.1) is 0 Å². The lowest BCUT2D eigenvalue weighted by molar-refractivity contribution is -0.116. The molecule has 3 rings (SSSR count). The van der Waals surface area contributed by atoms with Crippen molar-refractivity contribution in [3.8, 4) is 5.75 Å². The summed E-state index contributed by atoms with van der Waals surface area (Å²) in [5.74, 6) is 0.652. The van der Waals surface area contributed by atoms with E-state index >= 15 is 0 Å². The molecule has 0 bridgehead atoms. The number of hydrogen-bond acceptors (Lipinski definition) is 4. The van der Waals surface area contributed by atoms with E-state index in [1.165, 1.54) is 0 Å². The van der Waals surface area contributed by atoms with Gasteiger partial charge in [0.1, 0.15) is 5.75 Å². The van der Waals surface area contributed by atoms with E-state index in [0.717, 1.165) is 20.4 Å². The van der Waals surface area contributed by atoms with Crippen molar-refractivity contribution in [3.63, 3.8) is 0 Å². The highest BCUT2D eigenvalue weighted by Gasteiger charge is 2.08. The average molecular weight is 483 g/mol. The van der Waals surface area contributed by atoms with E-state index in [1.54, 1.807) is 28.0 Å². The Labute approximate surface area is 167 Å². The summed E-state index contributed by atoms with van der Waals surface area (Å²) >= 11 is 6.78. The highest BCUT2D eigenvalue weighted by Crippen LogP contribution is 2.17. The van der Waals surface area contributed by atoms with Gasteiger partial charge in [-0.2, -0.15) is 10.2 Å². The van der Waals surface area contributed by atoms with Crippen LogP contribution in [0.1, 0.15) is 12.1 Å². The van der Waals surface area contributed by atoms with Crippen molar-refractivity contribution in [3.05, 3.63) is 57.5 Å². The standard InChI is InChI=1S/C17H17Br2N5O2/c1-12-16(19)9-21-24(12)7-6-17(25)22-14-8-20-23(10-14)11-26-15-4-2-13(18)3-5-15/h2-5,8-10H,6-7,11H2,1H3,(H,22,25). The molecule has 0 fully saturated rings. The number of nitrogens with zero attached hydrogens (tertiary/aromatic N) is 4. The molecule has 0 unspecified atom stereocenters. The molecule has 1 N–H and O–H groups in total. The van der Waals surface area contributed by atoms with Crippen LogP contribution in [0.3, 0.4) is 0 Å². The van der Waals surface area contributed by atoms with Crippen molar-refractivity contribution in [1.29, 1.82) is 0 Å². The molecule has 0 aliphatic rings. The van der Waals surface area contributed by atoms with Gasteiger partial charge in [0.2, 0.25) is 5.91 Å². The van der Waals surface area contributed by atoms with Crippen LogP contribution in [-0.4, -0.2) is 25.5 Å². The molecule has 0 aliphatic heterocycles. The third kappa shape index (κ3) is 4.95. The van der Waals surface area contributed by atoms with Gasteiger partial charge in [0.15, 0.2) is 6.73 Å². The number of carbonyl (C=O) groups excluding carboxylic acids is 1. The van der Waals surface area contributed by atoms with Crippen molar-refractivity contribution in [1.82, 2.24) is 19.6 Å². The number of anilines is 1. The van der Waals surface area contributed by atoms with Crippen LogP contribution in [0.25, 0.3) is 0 Å². The lowest BCUT2D eigenvalue weighted by Crippen LogP contribution is -2.15. The molecule has 3 aromatic rings. The van der Waals surface area contributed by atoms with E-state index in [4.69, 9.17) is 4.74 Å². The summed E-state index contributed by atoms with van der Waals surface area (Å²) in [6.07, 6.45) is 5.38. The summed E-state index contributed by atoms with van der Waals surface area (Å²) in [4.78, 5) is 12.1. The molecule has 9 heteroatoms. The summed E-state index contributed by atoms with van der Waals surface area (Å²) in [5.41, 5.74) is 1.63. The van der Waals surface area contributed by atoms with E-state index in [-0.39, 0.29) is 12.6 Å². The second kappa shape index (κ2) is 8.50. The number of amides is 1. The molecule has 0 atom stereocenters. The third-order valence-electron chi connectivity index (χ3n) is 3.69. The number of benzene rings is 1. The van der Waals surface area contributed by atoms with Crippen molar-refractivity contribution in [2.45, 2.75) is 26.6 Å². The van der Waals surface area contributed by atoms with E-state index in [1.807, 2.05) is 31.2 Å². The fourth-order valence-corrected chi connectivity index (χ4v) is 2.81. The number of nitrogens with one attached hydrogen (secondary N) is 1. The number of aryl methyl sites for hydroxylation is 1. The van der Waals surface area contributed by atoms with E-state index in [0.29, 0.717) is 18.7 Å². The number of hydrogen-bond donors (Lipinski definition) is 1. The maximum absolute atomic E-state index is 12.1. The zero-order chi connectivity index (χ0) is 18.5. The lowest BCUT2D eigenvalue weighted by atomic mass is 10.3. The van der Waals surface area contributed by atoms with Gasteiger partial charge in [-0.05, 0) is 47.1 Å². The van der Waals surface area contributed by atoms with Crippen LogP contribution in [-0.2, 0) is 18.1 Å². The number of halogens is 2. The Balaban J connectivity index is 1.47. The maximum Gasteiger partial charge on any atom is 0.226 e. The Hall–Kier alpha value is -2.13. The molecule has 2 aromatic heterocycles. The summed E-state index contributed by atoms with van der Waals surface area (Å²) in [6.45, 7) is 2.73. The first-order valence-electron chi connectivity index (χ1n) is 7.90. The van der Waals surface area contributed by atoms with Crippen molar-refractivity contribution < 1.29 is 9.53 Å². The van der Waals surface area contributed by atoms with Crippen molar-refractivity contribution in [2.24, 2.45) is 0 Å². The summed E-state index contributed by atoms with van der Waals surface area (Å²) < 4.78 is 11.0. The number of ether oxygens (including phenoxy) is 1. The van der Waals surface area contributed by atoms with Gasteiger partial charge in [-0.1, -0.05) is 15.9 Å². The van der Waals surface area contributed by atoms with Crippen LogP contribution in [0.4, 0.5) is 5.69 Å². The monoisotopic (exact) mass is 481 g/mol. The van der Waals surface area contributed by atoms with Crippen LogP contribution in [0.2, 0.25) is 0 Å². The van der Waals surface area contributed by atoms with Gasteiger partial charge in [0, 0.05) is 16.6 Å². The number of aromatic nitrogens is 4. The summed E-state index contributed by atoms with van der Waals surface area (Å²) in [5, 5.41) is 11.2. The van der Waals surface area contributed by atoms with Gasteiger partial charge in [0.25, 0.3) is 0 Å². The predicted octanol–water partition coefficient (Wildman–Crippen LogP) is 3.98. The van der Waals surface area contributed by atoms with Crippen LogP contribution in [0, 0.1) is 6.92 Å². The van der Waals surface area contributed by atoms with E-state index in [9.17, 15) is 4.79 Å². The fourth-order valence-electron chi connectivity index (χ4n) is 2.25. The first-order valence-corrected chi connectivity index (χ1v) is 9.48. The Morgan fingerprint density at radius 3 is 2.65 bits per heavy atom.